The second-order valence-electron chi connectivity index (χ2n) is 5.92. The van der Waals surface area contributed by atoms with Gasteiger partial charge in [-0.3, -0.25) is 4.90 Å². The molecular weight excluding hydrogens is 255 g/mol. The zero-order valence-corrected chi connectivity index (χ0v) is 12.4. The van der Waals surface area contributed by atoms with Crippen LogP contribution in [0.5, 0.6) is 0 Å². The Balaban J connectivity index is 2.13. The van der Waals surface area contributed by atoms with Gasteiger partial charge >= 0.3 is 0 Å². The third kappa shape index (κ3) is 3.37. The summed E-state index contributed by atoms with van der Waals surface area (Å²) in [5, 5.41) is 0. The van der Waals surface area contributed by atoms with E-state index in [1.165, 1.54) is 6.07 Å². The minimum Gasteiger partial charge on any atom is -0.381 e. The summed E-state index contributed by atoms with van der Waals surface area (Å²) in [6.07, 6.45) is 2.66. The van der Waals surface area contributed by atoms with Gasteiger partial charge in [-0.1, -0.05) is 18.2 Å². The smallest absolute Gasteiger partial charge is 0.126 e. The zero-order valence-electron chi connectivity index (χ0n) is 12.4. The van der Waals surface area contributed by atoms with Crippen molar-refractivity contribution in [2.24, 2.45) is 5.73 Å². The van der Waals surface area contributed by atoms with E-state index >= 15 is 0 Å². The number of likely N-dealkylation sites (N-methyl/N-ethyl adjacent to an activating group) is 1. The molecule has 112 valence electrons. The minimum atomic E-state index is -0.232. The molecule has 0 saturated carbocycles. The van der Waals surface area contributed by atoms with E-state index in [-0.39, 0.29) is 11.4 Å². The fourth-order valence-electron chi connectivity index (χ4n) is 2.91. The maximum Gasteiger partial charge on any atom is 0.126 e. The monoisotopic (exact) mass is 280 g/mol. The van der Waals surface area contributed by atoms with Gasteiger partial charge in [0.15, 0.2) is 0 Å². The van der Waals surface area contributed by atoms with Crippen LogP contribution in [-0.4, -0.2) is 43.3 Å². The number of nitrogens with two attached hydrogens (primary N) is 1. The van der Waals surface area contributed by atoms with Crippen LogP contribution in [-0.2, 0) is 11.2 Å². The van der Waals surface area contributed by atoms with Gasteiger partial charge in [-0.2, -0.15) is 0 Å². The van der Waals surface area contributed by atoms with Gasteiger partial charge in [0.1, 0.15) is 5.82 Å². The average molecular weight is 280 g/mol. The Morgan fingerprint density at radius 2 is 2.00 bits per heavy atom. The van der Waals surface area contributed by atoms with Crippen LogP contribution in [0.3, 0.4) is 0 Å². The number of benzene rings is 1. The van der Waals surface area contributed by atoms with Crippen molar-refractivity contribution in [3.63, 3.8) is 0 Å². The molecule has 2 N–H and O–H groups in total. The number of halogens is 1. The molecule has 1 saturated heterocycles. The number of hydrogen-bond donors (Lipinski definition) is 1. The lowest BCUT2D eigenvalue weighted by atomic mass is 9.88. The predicted octanol–water partition coefficient (Wildman–Crippen LogP) is 2.20. The van der Waals surface area contributed by atoms with Crippen molar-refractivity contribution in [2.45, 2.75) is 37.8 Å². The van der Waals surface area contributed by atoms with Crippen molar-refractivity contribution in [3.8, 4) is 0 Å². The lowest BCUT2D eigenvalue weighted by Gasteiger charge is -2.44. The molecule has 1 aliphatic rings. The molecule has 3 nitrogen and oxygen atoms in total. The molecule has 1 fully saturated rings. The summed E-state index contributed by atoms with van der Waals surface area (Å²) in [6.45, 7) is 4.23. The molecule has 0 spiro atoms. The summed E-state index contributed by atoms with van der Waals surface area (Å²) in [7, 11) is 2.10. The van der Waals surface area contributed by atoms with E-state index in [4.69, 9.17) is 10.5 Å². The maximum absolute atomic E-state index is 13.9. The van der Waals surface area contributed by atoms with E-state index in [1.54, 1.807) is 6.07 Å². The minimum absolute atomic E-state index is 0.146. The summed E-state index contributed by atoms with van der Waals surface area (Å²) in [6, 6.07) is 7.43. The van der Waals surface area contributed by atoms with Gasteiger partial charge < -0.3 is 10.5 Å². The van der Waals surface area contributed by atoms with E-state index in [1.807, 2.05) is 12.1 Å². The molecule has 0 aromatic heterocycles. The van der Waals surface area contributed by atoms with E-state index in [0.717, 1.165) is 31.6 Å². The molecule has 0 amide bonds. The first-order chi connectivity index (χ1) is 9.57. The largest absolute Gasteiger partial charge is 0.381 e. The molecule has 1 aliphatic heterocycles. The molecule has 1 atom stereocenters. The Bertz CT molecular complexity index is 434. The van der Waals surface area contributed by atoms with Crippen LogP contribution >= 0.6 is 0 Å². The molecule has 1 aromatic rings. The summed E-state index contributed by atoms with van der Waals surface area (Å²) in [4.78, 5) is 2.32. The quantitative estimate of drug-likeness (QED) is 0.898. The second kappa shape index (κ2) is 6.66. The lowest BCUT2D eigenvalue weighted by Crippen LogP contribution is -2.56. The van der Waals surface area contributed by atoms with E-state index in [2.05, 4.69) is 18.9 Å². The van der Waals surface area contributed by atoms with Crippen LogP contribution in [0.2, 0.25) is 0 Å². The topological polar surface area (TPSA) is 38.5 Å². The average Bonchev–Trinajstić information content (AvgIpc) is 2.49. The molecule has 1 heterocycles. The molecule has 0 radical (unpaired) electrons. The number of nitrogens with zero attached hydrogens (tertiary/aromatic N) is 1. The third-order valence-electron chi connectivity index (χ3n) is 4.56. The van der Waals surface area contributed by atoms with Crippen molar-refractivity contribution in [2.75, 3.05) is 26.8 Å². The fraction of sp³-hybridized carbons (Fsp3) is 0.625. The highest BCUT2D eigenvalue weighted by Crippen LogP contribution is 2.26. The van der Waals surface area contributed by atoms with Crippen LogP contribution in [0.25, 0.3) is 0 Å². The molecule has 0 bridgehead atoms. The maximum atomic E-state index is 13.9. The van der Waals surface area contributed by atoms with E-state index in [0.29, 0.717) is 19.0 Å². The highest BCUT2D eigenvalue weighted by atomic mass is 19.1. The van der Waals surface area contributed by atoms with Crippen LogP contribution in [0.15, 0.2) is 24.3 Å². The Morgan fingerprint density at radius 1 is 1.35 bits per heavy atom. The standard InChI is InChI=1S/C16H25FN2O/c1-16(12-18,11-13-5-3-4-6-15(13)17)19(2)14-7-9-20-10-8-14/h3-6,14H,7-12,18H2,1-2H3. The van der Waals surface area contributed by atoms with Gasteiger partial charge in [0, 0.05) is 31.3 Å². The summed E-state index contributed by atoms with van der Waals surface area (Å²) >= 11 is 0. The summed E-state index contributed by atoms with van der Waals surface area (Å²) in [5.41, 5.74) is 6.52. The fourth-order valence-corrected chi connectivity index (χ4v) is 2.91. The molecule has 0 aliphatic carbocycles. The first-order valence-corrected chi connectivity index (χ1v) is 7.31. The molecule has 2 rings (SSSR count). The number of hydrogen-bond acceptors (Lipinski definition) is 3. The van der Waals surface area contributed by atoms with Gasteiger partial charge in [0.05, 0.1) is 0 Å². The SMILES string of the molecule is CN(C1CCOCC1)C(C)(CN)Cc1ccccc1F. The summed E-state index contributed by atoms with van der Waals surface area (Å²) in [5.74, 6) is -0.146. The van der Waals surface area contributed by atoms with Crippen LogP contribution < -0.4 is 5.73 Å². The molecule has 1 aromatic carbocycles. The number of ether oxygens (including phenoxy) is 1. The lowest BCUT2D eigenvalue weighted by molar-refractivity contribution is 0.00379. The Hall–Kier alpha value is -0.970. The zero-order chi connectivity index (χ0) is 14.6. The van der Waals surface area contributed by atoms with Crippen LogP contribution in [0.1, 0.15) is 25.3 Å². The summed E-state index contributed by atoms with van der Waals surface area (Å²) < 4.78 is 19.3. The molecule has 4 heteroatoms. The highest BCUT2D eigenvalue weighted by Gasteiger charge is 2.34. The van der Waals surface area contributed by atoms with Gasteiger partial charge in [0.2, 0.25) is 0 Å². The molecular formula is C16H25FN2O. The first-order valence-electron chi connectivity index (χ1n) is 7.31. The third-order valence-corrected chi connectivity index (χ3v) is 4.56. The Labute approximate surface area is 120 Å². The van der Waals surface area contributed by atoms with Gasteiger partial charge in [-0.15, -0.1) is 0 Å². The molecule has 1 unspecified atom stereocenters. The first kappa shape index (κ1) is 15.4. The van der Waals surface area contributed by atoms with Crippen LogP contribution in [0.4, 0.5) is 4.39 Å². The van der Waals surface area contributed by atoms with E-state index in [9.17, 15) is 4.39 Å². The van der Waals surface area contributed by atoms with Crippen molar-refractivity contribution in [1.82, 2.24) is 4.90 Å². The van der Waals surface area contributed by atoms with Crippen molar-refractivity contribution >= 4 is 0 Å². The predicted molar refractivity (Wildman–Crippen MR) is 79.2 cm³/mol. The van der Waals surface area contributed by atoms with Crippen LogP contribution in [0, 0.1) is 5.82 Å². The van der Waals surface area contributed by atoms with Gasteiger partial charge in [-0.25, -0.2) is 4.39 Å². The highest BCUT2D eigenvalue weighted by molar-refractivity contribution is 5.20. The van der Waals surface area contributed by atoms with Crippen molar-refractivity contribution in [3.05, 3.63) is 35.6 Å². The van der Waals surface area contributed by atoms with Crippen molar-refractivity contribution < 1.29 is 9.13 Å². The van der Waals surface area contributed by atoms with E-state index < -0.39 is 0 Å². The van der Waals surface area contributed by atoms with Gasteiger partial charge in [-0.05, 0) is 44.9 Å². The molecule has 20 heavy (non-hydrogen) atoms. The Kier molecular flexibility index (Phi) is 5.13. The number of rotatable bonds is 5. The second-order valence-corrected chi connectivity index (χ2v) is 5.92. The Morgan fingerprint density at radius 3 is 2.60 bits per heavy atom. The van der Waals surface area contributed by atoms with Crippen molar-refractivity contribution in [1.29, 1.82) is 0 Å². The van der Waals surface area contributed by atoms with Gasteiger partial charge in [0.25, 0.3) is 0 Å². The normalized spacial score (nSPS) is 20.1.